The van der Waals surface area contributed by atoms with Gasteiger partial charge in [-0.2, -0.15) is 13.2 Å². The first kappa shape index (κ1) is 34.2. The average Bonchev–Trinajstić information content (AvgIpc) is 2.94. The highest BCUT2D eigenvalue weighted by Gasteiger charge is 2.35. The van der Waals surface area contributed by atoms with Crippen molar-refractivity contribution in [1.29, 1.82) is 0 Å². The van der Waals surface area contributed by atoms with E-state index in [-0.39, 0.29) is 33.1 Å². The third kappa shape index (κ3) is 8.87. The quantitative estimate of drug-likeness (QED) is 0.248. The number of aryl methyl sites for hydroxylation is 1. The van der Waals surface area contributed by atoms with Crippen molar-refractivity contribution >= 4 is 50.7 Å². The highest BCUT2D eigenvalue weighted by Crippen LogP contribution is 2.33. The zero-order valence-electron chi connectivity index (χ0n) is 24.0. The maximum Gasteiger partial charge on any atom is 0.416 e. The molecule has 0 aliphatic rings. The molecule has 7 nitrogen and oxygen atoms in total. The van der Waals surface area contributed by atoms with Gasteiger partial charge in [0.25, 0.3) is 10.0 Å². The van der Waals surface area contributed by atoms with Gasteiger partial charge in [0, 0.05) is 13.1 Å². The van der Waals surface area contributed by atoms with Crippen LogP contribution < -0.4 is 9.62 Å². The molecule has 0 aliphatic heterocycles. The number of benzene rings is 3. The lowest BCUT2D eigenvalue weighted by Gasteiger charge is -2.32. The van der Waals surface area contributed by atoms with Crippen LogP contribution in [-0.2, 0) is 32.3 Å². The molecule has 13 heteroatoms. The topological polar surface area (TPSA) is 86.8 Å². The Bertz CT molecular complexity index is 1570. The predicted molar refractivity (Wildman–Crippen MR) is 161 cm³/mol. The van der Waals surface area contributed by atoms with Crippen molar-refractivity contribution in [3.63, 3.8) is 0 Å². The molecule has 3 rings (SSSR count). The Hall–Kier alpha value is -3.28. The Balaban J connectivity index is 2.09. The number of carbonyl (C=O) groups excluding carboxylic acids is 2. The molecule has 0 heterocycles. The number of sulfonamides is 1. The van der Waals surface area contributed by atoms with Crippen molar-refractivity contribution in [3.8, 4) is 0 Å². The van der Waals surface area contributed by atoms with Gasteiger partial charge in [-0.15, -0.1) is 0 Å². The van der Waals surface area contributed by atoms with Crippen molar-refractivity contribution in [2.24, 2.45) is 5.92 Å². The molecule has 2 amide bonds. The highest BCUT2D eigenvalue weighted by molar-refractivity contribution is 7.92. The van der Waals surface area contributed by atoms with Gasteiger partial charge in [-0.05, 0) is 67.8 Å². The summed E-state index contributed by atoms with van der Waals surface area (Å²) in [5, 5.41) is 3.23. The van der Waals surface area contributed by atoms with Gasteiger partial charge >= 0.3 is 6.18 Å². The summed E-state index contributed by atoms with van der Waals surface area (Å²) in [5.74, 6) is -1.20. The van der Waals surface area contributed by atoms with Crippen LogP contribution in [0.4, 0.5) is 18.9 Å². The normalized spacial score (nSPS) is 12.6. The molecule has 1 N–H and O–H groups in total. The second kappa shape index (κ2) is 14.0. The summed E-state index contributed by atoms with van der Waals surface area (Å²) in [4.78, 5) is 27.9. The van der Waals surface area contributed by atoms with Crippen LogP contribution in [0.5, 0.6) is 0 Å². The number of hydrogen-bond acceptors (Lipinski definition) is 4. The van der Waals surface area contributed by atoms with Crippen molar-refractivity contribution in [3.05, 3.63) is 93.5 Å². The molecular formula is C30H32Cl2F3N3O4S. The van der Waals surface area contributed by atoms with Crippen LogP contribution in [0, 0.1) is 12.8 Å². The van der Waals surface area contributed by atoms with Crippen LogP contribution in [0.2, 0.25) is 10.0 Å². The van der Waals surface area contributed by atoms with Crippen LogP contribution in [0.1, 0.15) is 37.5 Å². The molecule has 0 aromatic heterocycles. The van der Waals surface area contributed by atoms with Crippen LogP contribution in [0.25, 0.3) is 0 Å². The molecule has 0 saturated carbocycles. The number of halogens is 5. The summed E-state index contributed by atoms with van der Waals surface area (Å²) >= 11 is 12.2. The number of amides is 2. The Labute approximate surface area is 259 Å². The zero-order valence-corrected chi connectivity index (χ0v) is 26.3. The van der Waals surface area contributed by atoms with Crippen LogP contribution in [0.15, 0.2) is 71.6 Å². The van der Waals surface area contributed by atoms with E-state index in [1.807, 2.05) is 13.8 Å². The number of rotatable bonds is 11. The highest BCUT2D eigenvalue weighted by atomic mass is 35.5. The number of nitrogens with one attached hydrogen (secondary N) is 1. The molecule has 0 unspecified atom stereocenters. The minimum absolute atomic E-state index is 0.117. The van der Waals surface area contributed by atoms with Gasteiger partial charge in [0.15, 0.2) is 0 Å². The number of nitrogens with zero attached hydrogens (tertiary/aromatic N) is 2. The van der Waals surface area contributed by atoms with Gasteiger partial charge in [0.1, 0.15) is 12.6 Å². The molecule has 232 valence electrons. The van der Waals surface area contributed by atoms with Gasteiger partial charge < -0.3 is 10.2 Å². The number of carbonyl (C=O) groups is 2. The van der Waals surface area contributed by atoms with E-state index in [0.29, 0.717) is 22.5 Å². The number of hydrogen-bond donors (Lipinski definition) is 1. The van der Waals surface area contributed by atoms with Crippen LogP contribution in [0.3, 0.4) is 0 Å². The average molecular weight is 659 g/mol. The smallest absolute Gasteiger partial charge is 0.354 e. The minimum atomic E-state index is -4.76. The van der Waals surface area contributed by atoms with Gasteiger partial charge in [0.05, 0.1) is 26.2 Å². The predicted octanol–water partition coefficient (Wildman–Crippen LogP) is 6.71. The monoisotopic (exact) mass is 657 g/mol. The fourth-order valence-electron chi connectivity index (χ4n) is 4.07. The van der Waals surface area contributed by atoms with E-state index < -0.39 is 46.2 Å². The molecule has 0 aliphatic carbocycles. The Morgan fingerprint density at radius 2 is 1.58 bits per heavy atom. The van der Waals surface area contributed by atoms with E-state index in [9.17, 15) is 31.2 Å². The molecule has 0 saturated heterocycles. The Morgan fingerprint density at radius 1 is 0.930 bits per heavy atom. The van der Waals surface area contributed by atoms with E-state index in [0.717, 1.165) is 22.6 Å². The van der Waals surface area contributed by atoms with Crippen molar-refractivity contribution in [2.75, 3.05) is 17.4 Å². The van der Waals surface area contributed by atoms with E-state index in [1.165, 1.54) is 49.4 Å². The summed E-state index contributed by atoms with van der Waals surface area (Å²) in [5.41, 5.74) is -0.196. The summed E-state index contributed by atoms with van der Waals surface area (Å²) in [6.45, 7) is 6.30. The lowest BCUT2D eigenvalue weighted by atomic mass is 10.1. The number of anilines is 1. The first-order valence-electron chi connectivity index (χ1n) is 13.3. The van der Waals surface area contributed by atoms with Gasteiger partial charge in [-0.1, -0.05) is 66.9 Å². The van der Waals surface area contributed by atoms with Crippen LogP contribution in [-0.4, -0.2) is 44.3 Å². The lowest BCUT2D eigenvalue weighted by molar-refractivity contribution is -0.139. The summed E-state index contributed by atoms with van der Waals surface area (Å²) < 4.78 is 69.1. The number of alkyl halides is 3. The van der Waals surface area contributed by atoms with Crippen molar-refractivity contribution in [1.82, 2.24) is 10.2 Å². The molecule has 0 bridgehead atoms. The fraction of sp³-hybridized carbons (Fsp3) is 0.333. The zero-order chi connectivity index (χ0) is 32.1. The molecule has 0 fully saturated rings. The lowest BCUT2D eigenvalue weighted by Crippen LogP contribution is -2.51. The summed E-state index contributed by atoms with van der Waals surface area (Å²) in [7, 11) is -4.53. The van der Waals surface area contributed by atoms with E-state index >= 15 is 0 Å². The molecule has 43 heavy (non-hydrogen) atoms. The van der Waals surface area contributed by atoms with Crippen molar-refractivity contribution in [2.45, 2.75) is 51.4 Å². The van der Waals surface area contributed by atoms with Gasteiger partial charge in [-0.25, -0.2) is 8.42 Å². The summed E-state index contributed by atoms with van der Waals surface area (Å²) in [6.07, 6.45) is -4.76. The fourth-order valence-corrected chi connectivity index (χ4v) is 5.80. The van der Waals surface area contributed by atoms with Gasteiger partial charge in [-0.3, -0.25) is 13.9 Å². The molecule has 3 aromatic rings. The molecule has 1 atom stereocenters. The van der Waals surface area contributed by atoms with E-state index in [1.54, 1.807) is 13.0 Å². The third-order valence-corrected chi connectivity index (χ3v) is 9.07. The molecule has 0 spiro atoms. The molecule has 3 aromatic carbocycles. The second-order valence-electron chi connectivity index (χ2n) is 10.5. The maximum absolute atomic E-state index is 13.9. The minimum Gasteiger partial charge on any atom is -0.354 e. The largest absolute Gasteiger partial charge is 0.416 e. The van der Waals surface area contributed by atoms with Gasteiger partial charge in [0.2, 0.25) is 11.8 Å². The first-order valence-corrected chi connectivity index (χ1v) is 15.5. The first-order chi connectivity index (χ1) is 20.0. The van der Waals surface area contributed by atoms with Crippen LogP contribution >= 0.6 is 23.2 Å². The molecular weight excluding hydrogens is 626 g/mol. The second-order valence-corrected chi connectivity index (χ2v) is 13.1. The van der Waals surface area contributed by atoms with Crippen molar-refractivity contribution < 1.29 is 31.2 Å². The standard InChI is InChI=1S/C30H32Cl2F3N3O4S/c1-19(2)16-36-29(40)21(4)37(17-22-10-13-26(31)27(32)14-22)28(39)18-38(24-7-5-6-23(15-24)30(33,34)35)43(41,42)25-11-8-20(3)9-12-25/h5-15,19,21H,16-18H2,1-4H3,(H,36,40)/t21-/m1/s1. The Morgan fingerprint density at radius 3 is 2.16 bits per heavy atom. The molecule has 0 radical (unpaired) electrons. The van der Waals surface area contributed by atoms with E-state index in [2.05, 4.69) is 5.32 Å². The SMILES string of the molecule is Cc1ccc(S(=O)(=O)N(CC(=O)N(Cc2ccc(Cl)c(Cl)c2)[C@H](C)C(=O)NCC(C)C)c2cccc(C(F)(F)F)c2)cc1. The summed E-state index contributed by atoms with van der Waals surface area (Å²) in [6, 6.07) is 13.0. The van der Waals surface area contributed by atoms with E-state index in [4.69, 9.17) is 23.2 Å². The third-order valence-electron chi connectivity index (χ3n) is 6.54. The Kier molecular flexibility index (Phi) is 11.1. The maximum atomic E-state index is 13.9.